The number of thioether (sulfide) groups is 1. The molecular formula is C14H29NS. The third-order valence-electron chi connectivity index (χ3n) is 2.62. The molecule has 2 heteroatoms. The van der Waals surface area contributed by atoms with Crippen LogP contribution in [-0.4, -0.2) is 24.6 Å². The molecular weight excluding hydrogens is 214 g/mol. The largest absolute Gasteiger partial charge is 0.316 e. The highest BCUT2D eigenvalue weighted by atomic mass is 32.2. The molecule has 0 aliphatic carbocycles. The van der Waals surface area contributed by atoms with E-state index < -0.39 is 0 Å². The van der Waals surface area contributed by atoms with Crippen molar-refractivity contribution >= 4 is 11.8 Å². The molecule has 0 aliphatic heterocycles. The quantitative estimate of drug-likeness (QED) is 0.383. The molecule has 96 valence electrons. The van der Waals surface area contributed by atoms with E-state index in [1.54, 1.807) is 0 Å². The van der Waals surface area contributed by atoms with E-state index in [1.165, 1.54) is 57.2 Å². The van der Waals surface area contributed by atoms with Gasteiger partial charge in [0.25, 0.3) is 0 Å². The van der Waals surface area contributed by atoms with E-state index in [2.05, 4.69) is 18.8 Å². The number of hydrogen-bond acceptors (Lipinski definition) is 2. The molecule has 0 saturated carbocycles. The summed E-state index contributed by atoms with van der Waals surface area (Å²) < 4.78 is 0. The van der Waals surface area contributed by atoms with E-state index >= 15 is 0 Å². The summed E-state index contributed by atoms with van der Waals surface area (Å²) in [6.07, 6.45) is 11.8. The maximum absolute atomic E-state index is 3.71. The van der Waals surface area contributed by atoms with Gasteiger partial charge in [0, 0.05) is 18.1 Å². The van der Waals surface area contributed by atoms with Crippen molar-refractivity contribution in [2.45, 2.75) is 51.9 Å². The molecule has 0 heterocycles. The Morgan fingerprint density at radius 3 is 2.38 bits per heavy atom. The summed E-state index contributed by atoms with van der Waals surface area (Å²) in [5.41, 5.74) is 0. The van der Waals surface area contributed by atoms with Crippen LogP contribution in [0.5, 0.6) is 0 Å². The Bertz CT molecular complexity index is 137. The normalized spacial score (nSPS) is 10.6. The number of hydrogen-bond donors (Lipinski definition) is 1. The predicted molar refractivity (Wildman–Crippen MR) is 78.4 cm³/mol. The highest BCUT2D eigenvalue weighted by Gasteiger charge is 1.91. The Kier molecular flexibility index (Phi) is 15.1. The van der Waals surface area contributed by atoms with E-state index in [9.17, 15) is 0 Å². The van der Waals surface area contributed by atoms with Crippen LogP contribution >= 0.6 is 11.8 Å². The molecule has 0 spiro atoms. The molecule has 0 unspecified atom stereocenters. The lowest BCUT2D eigenvalue weighted by atomic mass is 10.1. The average molecular weight is 243 g/mol. The summed E-state index contributed by atoms with van der Waals surface area (Å²) in [5, 5.41) is 3.49. The van der Waals surface area contributed by atoms with Gasteiger partial charge in [0.2, 0.25) is 0 Å². The molecule has 0 fully saturated rings. The van der Waals surface area contributed by atoms with Crippen LogP contribution in [0, 0.1) is 0 Å². The molecule has 0 radical (unpaired) electrons. The zero-order chi connectivity index (χ0) is 11.9. The molecule has 0 aromatic rings. The molecule has 0 aliphatic rings. The molecule has 0 amide bonds. The Morgan fingerprint density at radius 1 is 1.00 bits per heavy atom. The van der Waals surface area contributed by atoms with Gasteiger partial charge in [-0.05, 0) is 13.0 Å². The fourth-order valence-corrected chi connectivity index (χ4v) is 2.27. The van der Waals surface area contributed by atoms with Gasteiger partial charge in [-0.15, -0.1) is 6.58 Å². The molecule has 0 saturated heterocycles. The van der Waals surface area contributed by atoms with Crippen LogP contribution in [-0.2, 0) is 0 Å². The van der Waals surface area contributed by atoms with Gasteiger partial charge in [0.1, 0.15) is 0 Å². The predicted octanol–water partition coefficient (Wildman–Crippen LogP) is 4.25. The fourth-order valence-electron chi connectivity index (χ4n) is 1.64. The molecule has 16 heavy (non-hydrogen) atoms. The van der Waals surface area contributed by atoms with E-state index in [-0.39, 0.29) is 0 Å². The van der Waals surface area contributed by atoms with Crippen LogP contribution in [0.3, 0.4) is 0 Å². The minimum atomic E-state index is 1.08. The second kappa shape index (κ2) is 15.0. The summed E-state index contributed by atoms with van der Waals surface area (Å²) in [6, 6.07) is 0. The van der Waals surface area contributed by atoms with Crippen LogP contribution in [0.25, 0.3) is 0 Å². The second-order valence-corrected chi connectivity index (χ2v) is 5.38. The molecule has 0 rings (SSSR count). The van der Waals surface area contributed by atoms with Crippen LogP contribution in [0.4, 0.5) is 0 Å². The van der Waals surface area contributed by atoms with E-state index in [1.807, 2.05) is 17.8 Å². The number of rotatable bonds is 13. The van der Waals surface area contributed by atoms with Crippen LogP contribution in [0.1, 0.15) is 51.9 Å². The lowest BCUT2D eigenvalue weighted by Crippen LogP contribution is -2.18. The lowest BCUT2D eigenvalue weighted by molar-refractivity contribution is 0.569. The Balaban J connectivity index is 2.85. The van der Waals surface area contributed by atoms with Gasteiger partial charge >= 0.3 is 0 Å². The highest BCUT2D eigenvalue weighted by Crippen LogP contribution is 2.06. The van der Waals surface area contributed by atoms with Crippen LogP contribution < -0.4 is 5.32 Å². The minimum absolute atomic E-state index is 1.08. The zero-order valence-electron chi connectivity index (χ0n) is 11.0. The third kappa shape index (κ3) is 14.1. The molecule has 1 nitrogen and oxygen atoms in total. The number of nitrogens with one attached hydrogen (secondary N) is 1. The first-order valence-electron chi connectivity index (χ1n) is 6.81. The first-order chi connectivity index (χ1) is 7.91. The average Bonchev–Trinajstić information content (AvgIpc) is 2.31. The first kappa shape index (κ1) is 16.1. The highest BCUT2D eigenvalue weighted by molar-refractivity contribution is 7.99. The standard InChI is InChI=1S/C14H29NS/c1-3-5-6-7-8-9-10-11-15-12-14-16-13-4-2/h4,15H,2-3,5-14H2,1H3. The maximum Gasteiger partial charge on any atom is 0.0111 e. The minimum Gasteiger partial charge on any atom is -0.316 e. The van der Waals surface area contributed by atoms with Crippen molar-refractivity contribution in [3.8, 4) is 0 Å². The summed E-state index contributed by atoms with van der Waals surface area (Å²) in [6.45, 7) is 8.32. The monoisotopic (exact) mass is 243 g/mol. The van der Waals surface area contributed by atoms with Crippen molar-refractivity contribution < 1.29 is 0 Å². The lowest BCUT2D eigenvalue weighted by Gasteiger charge is -2.04. The van der Waals surface area contributed by atoms with Gasteiger partial charge in [0.05, 0.1) is 0 Å². The number of unbranched alkanes of at least 4 members (excludes halogenated alkanes) is 6. The van der Waals surface area contributed by atoms with Crippen LogP contribution in [0.2, 0.25) is 0 Å². The summed E-state index contributed by atoms with van der Waals surface area (Å²) in [4.78, 5) is 0. The molecule has 1 N–H and O–H groups in total. The Morgan fingerprint density at radius 2 is 1.69 bits per heavy atom. The van der Waals surface area contributed by atoms with Crippen molar-refractivity contribution in [2.24, 2.45) is 0 Å². The third-order valence-corrected chi connectivity index (χ3v) is 3.58. The maximum atomic E-state index is 3.71. The van der Waals surface area contributed by atoms with Crippen molar-refractivity contribution in [3.05, 3.63) is 12.7 Å². The van der Waals surface area contributed by atoms with Gasteiger partial charge in [-0.3, -0.25) is 0 Å². The summed E-state index contributed by atoms with van der Waals surface area (Å²) in [5.74, 6) is 2.29. The SMILES string of the molecule is C=CCSCCNCCCCCCCCC. The first-order valence-corrected chi connectivity index (χ1v) is 7.96. The summed E-state index contributed by atoms with van der Waals surface area (Å²) in [7, 11) is 0. The smallest absolute Gasteiger partial charge is 0.0111 e. The van der Waals surface area contributed by atoms with Gasteiger partial charge in [-0.2, -0.15) is 11.8 Å². The Labute approximate surface area is 106 Å². The molecule has 0 bridgehead atoms. The molecule has 0 aromatic heterocycles. The van der Waals surface area contributed by atoms with E-state index in [0.29, 0.717) is 0 Å². The van der Waals surface area contributed by atoms with Crippen molar-refractivity contribution in [3.63, 3.8) is 0 Å². The zero-order valence-corrected chi connectivity index (χ0v) is 11.8. The summed E-state index contributed by atoms with van der Waals surface area (Å²) >= 11 is 1.95. The van der Waals surface area contributed by atoms with Crippen molar-refractivity contribution in [2.75, 3.05) is 24.6 Å². The topological polar surface area (TPSA) is 12.0 Å². The van der Waals surface area contributed by atoms with Crippen molar-refractivity contribution in [1.29, 1.82) is 0 Å². The molecule has 0 atom stereocenters. The van der Waals surface area contributed by atoms with Crippen LogP contribution in [0.15, 0.2) is 12.7 Å². The van der Waals surface area contributed by atoms with E-state index in [4.69, 9.17) is 0 Å². The Hall–Kier alpha value is 0.0500. The van der Waals surface area contributed by atoms with Gasteiger partial charge in [-0.1, -0.05) is 51.5 Å². The second-order valence-electron chi connectivity index (χ2n) is 4.23. The van der Waals surface area contributed by atoms with Gasteiger partial charge in [0.15, 0.2) is 0 Å². The molecule has 0 aromatic carbocycles. The van der Waals surface area contributed by atoms with E-state index in [0.717, 1.165) is 12.3 Å². The van der Waals surface area contributed by atoms with Crippen molar-refractivity contribution in [1.82, 2.24) is 5.32 Å². The van der Waals surface area contributed by atoms with Gasteiger partial charge in [-0.25, -0.2) is 0 Å². The fraction of sp³-hybridized carbons (Fsp3) is 0.857. The van der Waals surface area contributed by atoms with Gasteiger partial charge < -0.3 is 5.32 Å².